The van der Waals surface area contributed by atoms with E-state index in [1.165, 1.54) is 18.2 Å². The molecule has 2 N–H and O–H groups in total. The van der Waals surface area contributed by atoms with Gasteiger partial charge in [0.2, 0.25) is 0 Å². The fourth-order valence-corrected chi connectivity index (χ4v) is 3.84. The van der Waals surface area contributed by atoms with Crippen molar-refractivity contribution in [1.29, 1.82) is 0 Å². The lowest BCUT2D eigenvalue weighted by atomic mass is 10.1. The molecule has 3 rings (SSSR count). The van der Waals surface area contributed by atoms with E-state index in [0.717, 1.165) is 16.3 Å². The summed E-state index contributed by atoms with van der Waals surface area (Å²) in [4.78, 5) is 25.0. The Bertz CT molecular complexity index is 1240. The van der Waals surface area contributed by atoms with Crippen molar-refractivity contribution >= 4 is 49.0 Å². The molecule has 3 aromatic carbocycles. The molecule has 0 bridgehead atoms. The van der Waals surface area contributed by atoms with Crippen molar-refractivity contribution in [3.8, 4) is 0 Å². The van der Waals surface area contributed by atoms with Gasteiger partial charge in [0.1, 0.15) is 0 Å². The molecular formula is C22H19BrN2O4S. The van der Waals surface area contributed by atoms with Crippen LogP contribution in [-0.2, 0) is 9.84 Å². The highest BCUT2D eigenvalue weighted by atomic mass is 79.9. The second kappa shape index (κ2) is 8.81. The minimum atomic E-state index is -3.41. The Balaban J connectivity index is 1.74. The summed E-state index contributed by atoms with van der Waals surface area (Å²) in [6.07, 6.45) is 1.09. The maximum Gasteiger partial charge on any atom is 0.255 e. The van der Waals surface area contributed by atoms with Gasteiger partial charge < -0.3 is 10.6 Å². The molecule has 0 aliphatic rings. The molecule has 30 heavy (non-hydrogen) atoms. The smallest absolute Gasteiger partial charge is 0.255 e. The average molecular weight is 487 g/mol. The molecule has 6 nitrogen and oxygen atoms in total. The van der Waals surface area contributed by atoms with Crippen LogP contribution in [0.3, 0.4) is 0 Å². The SMILES string of the molecule is Cc1cc(NC(=O)c2cccc(Br)c2)ccc1NC(=O)c1cccc(S(C)(=O)=O)c1. The highest BCUT2D eigenvalue weighted by Gasteiger charge is 2.13. The van der Waals surface area contributed by atoms with E-state index in [1.54, 1.807) is 49.4 Å². The van der Waals surface area contributed by atoms with Crippen LogP contribution in [-0.4, -0.2) is 26.5 Å². The van der Waals surface area contributed by atoms with Gasteiger partial charge in [0.05, 0.1) is 4.90 Å². The minimum Gasteiger partial charge on any atom is -0.322 e. The molecule has 154 valence electrons. The van der Waals surface area contributed by atoms with Gasteiger partial charge in [-0.15, -0.1) is 0 Å². The van der Waals surface area contributed by atoms with Crippen LogP contribution in [0.25, 0.3) is 0 Å². The lowest BCUT2D eigenvalue weighted by Gasteiger charge is -2.12. The summed E-state index contributed by atoms with van der Waals surface area (Å²) in [6, 6.07) is 18.0. The topological polar surface area (TPSA) is 92.3 Å². The van der Waals surface area contributed by atoms with Crippen LogP contribution < -0.4 is 10.6 Å². The highest BCUT2D eigenvalue weighted by Crippen LogP contribution is 2.22. The van der Waals surface area contributed by atoms with Crippen molar-refractivity contribution in [3.63, 3.8) is 0 Å². The summed E-state index contributed by atoms with van der Waals surface area (Å²) in [6.45, 7) is 1.80. The fraction of sp³-hybridized carbons (Fsp3) is 0.0909. The first-order valence-corrected chi connectivity index (χ1v) is 11.6. The van der Waals surface area contributed by atoms with Gasteiger partial charge in [-0.05, 0) is 67.1 Å². The van der Waals surface area contributed by atoms with Gasteiger partial charge in [-0.25, -0.2) is 8.42 Å². The fourth-order valence-electron chi connectivity index (χ4n) is 2.78. The quantitative estimate of drug-likeness (QED) is 0.548. The molecule has 0 unspecified atom stereocenters. The first-order chi connectivity index (χ1) is 14.1. The zero-order valence-corrected chi connectivity index (χ0v) is 18.7. The molecule has 0 aliphatic heterocycles. The van der Waals surface area contributed by atoms with Gasteiger partial charge in [0.15, 0.2) is 9.84 Å². The number of anilines is 2. The van der Waals surface area contributed by atoms with Crippen LogP contribution >= 0.6 is 15.9 Å². The molecule has 0 heterocycles. The van der Waals surface area contributed by atoms with Crippen LogP contribution in [0.5, 0.6) is 0 Å². The number of rotatable bonds is 5. The Labute approximate surface area is 183 Å². The van der Waals surface area contributed by atoms with E-state index in [-0.39, 0.29) is 16.4 Å². The maximum absolute atomic E-state index is 12.5. The van der Waals surface area contributed by atoms with Crippen molar-refractivity contribution in [2.45, 2.75) is 11.8 Å². The third-order valence-electron chi connectivity index (χ3n) is 4.34. The first-order valence-electron chi connectivity index (χ1n) is 8.92. The zero-order chi connectivity index (χ0) is 21.9. The first kappa shape index (κ1) is 21.7. The summed E-state index contributed by atoms with van der Waals surface area (Å²) >= 11 is 3.34. The van der Waals surface area contributed by atoms with Crippen molar-refractivity contribution in [3.05, 3.63) is 87.9 Å². The monoisotopic (exact) mass is 486 g/mol. The normalized spacial score (nSPS) is 11.0. The molecule has 8 heteroatoms. The molecule has 2 amide bonds. The number of aryl methyl sites for hydroxylation is 1. The summed E-state index contributed by atoms with van der Waals surface area (Å²) in [7, 11) is -3.41. The third-order valence-corrected chi connectivity index (χ3v) is 5.95. The number of hydrogen-bond acceptors (Lipinski definition) is 4. The van der Waals surface area contributed by atoms with Crippen LogP contribution in [0.2, 0.25) is 0 Å². The molecule has 0 saturated heterocycles. The maximum atomic E-state index is 12.5. The molecule has 0 saturated carbocycles. The molecular weight excluding hydrogens is 468 g/mol. The van der Waals surface area contributed by atoms with Crippen LogP contribution in [0.1, 0.15) is 26.3 Å². The molecule has 0 radical (unpaired) electrons. The Kier molecular flexibility index (Phi) is 6.38. The predicted molar refractivity (Wildman–Crippen MR) is 121 cm³/mol. The van der Waals surface area contributed by atoms with E-state index in [2.05, 4.69) is 26.6 Å². The van der Waals surface area contributed by atoms with Gasteiger partial charge in [-0.1, -0.05) is 28.1 Å². The van der Waals surface area contributed by atoms with Gasteiger partial charge in [0, 0.05) is 33.2 Å². The highest BCUT2D eigenvalue weighted by molar-refractivity contribution is 9.10. The number of amides is 2. The molecule has 0 fully saturated rings. The van der Waals surface area contributed by atoms with Gasteiger partial charge >= 0.3 is 0 Å². The van der Waals surface area contributed by atoms with E-state index in [0.29, 0.717) is 16.9 Å². The Morgan fingerprint density at radius 1 is 0.833 bits per heavy atom. The average Bonchev–Trinajstić information content (AvgIpc) is 2.69. The van der Waals surface area contributed by atoms with Gasteiger partial charge in [0.25, 0.3) is 11.8 Å². The van der Waals surface area contributed by atoms with Crippen molar-refractivity contribution in [2.24, 2.45) is 0 Å². The number of halogens is 1. The number of carbonyl (C=O) groups is 2. The van der Waals surface area contributed by atoms with E-state index < -0.39 is 15.7 Å². The summed E-state index contributed by atoms with van der Waals surface area (Å²) in [5, 5.41) is 5.60. The number of benzene rings is 3. The van der Waals surface area contributed by atoms with Gasteiger partial charge in [-0.2, -0.15) is 0 Å². The Morgan fingerprint density at radius 2 is 1.47 bits per heavy atom. The summed E-state index contributed by atoms with van der Waals surface area (Å²) in [5.41, 5.74) is 2.66. The van der Waals surface area contributed by atoms with Gasteiger partial charge in [-0.3, -0.25) is 9.59 Å². The van der Waals surface area contributed by atoms with E-state index in [1.807, 2.05) is 6.07 Å². The minimum absolute atomic E-state index is 0.0810. The molecule has 0 aromatic heterocycles. The summed E-state index contributed by atoms with van der Waals surface area (Å²) in [5.74, 6) is -0.667. The summed E-state index contributed by atoms with van der Waals surface area (Å²) < 4.78 is 24.2. The van der Waals surface area contributed by atoms with Crippen LogP contribution in [0, 0.1) is 6.92 Å². The van der Waals surface area contributed by atoms with E-state index in [9.17, 15) is 18.0 Å². The van der Waals surface area contributed by atoms with E-state index >= 15 is 0 Å². The molecule has 0 atom stereocenters. The number of hydrogen-bond donors (Lipinski definition) is 2. The lowest BCUT2D eigenvalue weighted by Crippen LogP contribution is -2.14. The largest absolute Gasteiger partial charge is 0.322 e. The van der Waals surface area contributed by atoms with Crippen molar-refractivity contribution in [2.75, 3.05) is 16.9 Å². The Morgan fingerprint density at radius 3 is 2.10 bits per heavy atom. The molecule has 3 aromatic rings. The number of carbonyl (C=O) groups excluding carboxylic acids is 2. The van der Waals surface area contributed by atoms with Crippen LogP contribution in [0.15, 0.2) is 76.1 Å². The number of sulfone groups is 1. The second-order valence-corrected chi connectivity index (χ2v) is 9.68. The zero-order valence-electron chi connectivity index (χ0n) is 16.3. The second-order valence-electron chi connectivity index (χ2n) is 6.75. The third kappa shape index (κ3) is 5.34. The molecule has 0 aliphatic carbocycles. The standard InChI is InChI=1S/C22H19BrN2O4S/c1-14-11-18(24-21(26)15-5-3-7-17(23)12-15)9-10-20(14)25-22(27)16-6-4-8-19(13-16)30(2,28)29/h3-13H,1-2H3,(H,24,26)(H,25,27). The predicted octanol–water partition coefficient (Wildman–Crippen LogP) is 4.67. The van der Waals surface area contributed by atoms with E-state index in [4.69, 9.17) is 0 Å². The number of nitrogens with one attached hydrogen (secondary N) is 2. The lowest BCUT2D eigenvalue weighted by molar-refractivity contribution is 0.101. The van der Waals surface area contributed by atoms with Crippen LogP contribution in [0.4, 0.5) is 11.4 Å². The van der Waals surface area contributed by atoms with Crippen molar-refractivity contribution in [1.82, 2.24) is 0 Å². The van der Waals surface area contributed by atoms with Crippen molar-refractivity contribution < 1.29 is 18.0 Å². The molecule has 0 spiro atoms. The Hall–Kier alpha value is -2.97.